The summed E-state index contributed by atoms with van der Waals surface area (Å²) >= 11 is 0. The molecule has 144 valence electrons. The molecule has 8 heteroatoms. The van der Waals surface area contributed by atoms with Gasteiger partial charge in [0.1, 0.15) is 0 Å². The van der Waals surface area contributed by atoms with Crippen LogP contribution in [-0.2, 0) is 24.3 Å². The van der Waals surface area contributed by atoms with E-state index in [2.05, 4.69) is 0 Å². The van der Waals surface area contributed by atoms with Crippen LogP contribution in [0, 0.1) is 13.8 Å². The Labute approximate surface area is 155 Å². The summed E-state index contributed by atoms with van der Waals surface area (Å²) in [5, 5.41) is 0. The van der Waals surface area contributed by atoms with Crippen molar-refractivity contribution in [3.63, 3.8) is 0 Å². The van der Waals surface area contributed by atoms with Crippen LogP contribution in [0.2, 0.25) is 0 Å². The molecule has 1 heterocycles. The Morgan fingerprint density at radius 3 is 2.31 bits per heavy atom. The number of ether oxygens (including phenoxy) is 1. The molecule has 0 aliphatic carbocycles. The van der Waals surface area contributed by atoms with Crippen molar-refractivity contribution >= 4 is 21.9 Å². The van der Waals surface area contributed by atoms with Gasteiger partial charge in [-0.05, 0) is 32.4 Å². The molecule has 0 radical (unpaired) electrons. The first-order valence-electron chi connectivity index (χ1n) is 8.76. The van der Waals surface area contributed by atoms with Crippen molar-refractivity contribution in [2.75, 3.05) is 32.8 Å². The lowest BCUT2D eigenvalue weighted by atomic mass is 10.2. The first kappa shape index (κ1) is 20.4. The minimum atomic E-state index is -3.57. The zero-order valence-electron chi connectivity index (χ0n) is 15.5. The van der Waals surface area contributed by atoms with Crippen LogP contribution in [0.25, 0.3) is 0 Å². The molecule has 1 aliphatic heterocycles. The lowest BCUT2D eigenvalue weighted by molar-refractivity contribution is -0.145. The predicted octanol–water partition coefficient (Wildman–Crippen LogP) is 1.48. The largest absolute Gasteiger partial charge is 0.466 e. The molecule has 0 unspecified atom stereocenters. The van der Waals surface area contributed by atoms with Crippen molar-refractivity contribution in [3.05, 3.63) is 29.3 Å². The monoisotopic (exact) mass is 382 g/mol. The van der Waals surface area contributed by atoms with E-state index >= 15 is 0 Å². The smallest absolute Gasteiger partial charge is 0.306 e. The van der Waals surface area contributed by atoms with E-state index in [1.807, 2.05) is 13.0 Å². The highest BCUT2D eigenvalue weighted by molar-refractivity contribution is 7.89. The topological polar surface area (TPSA) is 84.0 Å². The number of nitrogens with zero attached hydrogens (tertiary/aromatic N) is 2. The fourth-order valence-electron chi connectivity index (χ4n) is 3.01. The molecule has 0 atom stereocenters. The average molecular weight is 382 g/mol. The summed E-state index contributed by atoms with van der Waals surface area (Å²) in [6.07, 6.45) is 0.135. The third-order valence-electron chi connectivity index (χ3n) is 4.39. The number of rotatable bonds is 6. The van der Waals surface area contributed by atoms with E-state index in [1.165, 1.54) is 4.31 Å². The van der Waals surface area contributed by atoms with Gasteiger partial charge in [-0.3, -0.25) is 9.59 Å². The quantitative estimate of drug-likeness (QED) is 0.696. The van der Waals surface area contributed by atoms with Gasteiger partial charge in [0, 0.05) is 32.6 Å². The van der Waals surface area contributed by atoms with Gasteiger partial charge in [0.25, 0.3) is 0 Å². The maximum absolute atomic E-state index is 12.8. The van der Waals surface area contributed by atoms with E-state index in [9.17, 15) is 18.0 Å². The van der Waals surface area contributed by atoms with Gasteiger partial charge in [0.15, 0.2) is 0 Å². The third kappa shape index (κ3) is 4.82. The molecule has 1 aliphatic rings. The molecular formula is C18H26N2O5S. The van der Waals surface area contributed by atoms with Crippen LogP contribution < -0.4 is 0 Å². The van der Waals surface area contributed by atoms with Gasteiger partial charge in [-0.2, -0.15) is 4.31 Å². The van der Waals surface area contributed by atoms with E-state index < -0.39 is 16.0 Å². The second kappa shape index (κ2) is 8.64. The van der Waals surface area contributed by atoms with Crippen molar-refractivity contribution in [1.82, 2.24) is 9.21 Å². The van der Waals surface area contributed by atoms with Crippen LogP contribution in [0.15, 0.2) is 23.1 Å². The molecule has 26 heavy (non-hydrogen) atoms. The molecule has 0 N–H and O–H groups in total. The maximum atomic E-state index is 12.8. The number of amides is 1. The molecule has 1 aromatic carbocycles. The Kier molecular flexibility index (Phi) is 6.77. The summed E-state index contributed by atoms with van der Waals surface area (Å²) in [5.74, 6) is -0.543. The van der Waals surface area contributed by atoms with Gasteiger partial charge in [0.2, 0.25) is 15.9 Å². The Morgan fingerprint density at radius 1 is 1.08 bits per heavy atom. The van der Waals surface area contributed by atoms with Crippen molar-refractivity contribution in [2.24, 2.45) is 0 Å². The highest BCUT2D eigenvalue weighted by atomic mass is 32.2. The number of carbonyl (C=O) groups excluding carboxylic acids is 2. The van der Waals surface area contributed by atoms with E-state index in [4.69, 9.17) is 4.74 Å². The summed E-state index contributed by atoms with van der Waals surface area (Å²) in [4.78, 5) is 25.4. The van der Waals surface area contributed by atoms with Crippen molar-refractivity contribution in [2.45, 2.75) is 38.5 Å². The lowest BCUT2D eigenvalue weighted by Gasteiger charge is -2.34. The molecular weight excluding hydrogens is 356 g/mol. The lowest BCUT2D eigenvalue weighted by Crippen LogP contribution is -2.50. The number of carbonyl (C=O) groups is 2. The van der Waals surface area contributed by atoms with Gasteiger partial charge in [-0.15, -0.1) is 0 Å². The molecule has 1 aromatic rings. The zero-order valence-corrected chi connectivity index (χ0v) is 16.3. The van der Waals surface area contributed by atoms with Crippen molar-refractivity contribution in [3.8, 4) is 0 Å². The van der Waals surface area contributed by atoms with Crippen LogP contribution >= 0.6 is 0 Å². The molecule has 0 spiro atoms. The second-order valence-corrected chi connectivity index (χ2v) is 8.27. The molecule has 0 saturated carbocycles. The summed E-state index contributed by atoms with van der Waals surface area (Å²) in [6, 6.07) is 5.27. The first-order valence-corrected chi connectivity index (χ1v) is 10.2. The average Bonchev–Trinajstić information content (AvgIpc) is 2.59. The summed E-state index contributed by atoms with van der Waals surface area (Å²) in [7, 11) is -3.57. The normalized spacial score (nSPS) is 15.7. The number of piperazine rings is 1. The number of sulfonamides is 1. The molecule has 1 saturated heterocycles. The van der Waals surface area contributed by atoms with E-state index in [1.54, 1.807) is 30.9 Å². The van der Waals surface area contributed by atoms with E-state index in [0.717, 1.165) is 11.1 Å². The Balaban J connectivity index is 1.95. The molecule has 0 aromatic heterocycles. The van der Waals surface area contributed by atoms with Gasteiger partial charge in [-0.25, -0.2) is 8.42 Å². The van der Waals surface area contributed by atoms with Gasteiger partial charge >= 0.3 is 5.97 Å². The summed E-state index contributed by atoms with van der Waals surface area (Å²) in [6.45, 7) is 6.87. The Hall–Kier alpha value is -1.93. The van der Waals surface area contributed by atoms with Gasteiger partial charge in [-0.1, -0.05) is 17.7 Å². The third-order valence-corrected chi connectivity index (χ3v) is 6.45. The van der Waals surface area contributed by atoms with Gasteiger partial charge in [0.05, 0.1) is 17.9 Å². The SMILES string of the molecule is CCOC(=O)CCC(=O)N1CCN(S(=O)(=O)c2ccc(C)cc2C)CC1. The van der Waals surface area contributed by atoms with Crippen molar-refractivity contribution < 1.29 is 22.7 Å². The summed E-state index contributed by atoms with van der Waals surface area (Å²) < 4.78 is 31.9. The van der Waals surface area contributed by atoms with Crippen LogP contribution in [0.5, 0.6) is 0 Å². The predicted molar refractivity (Wildman–Crippen MR) is 97.1 cm³/mol. The number of esters is 1. The standard InChI is InChI=1S/C18H26N2O5S/c1-4-25-18(22)8-7-17(21)19-9-11-20(12-10-19)26(23,24)16-6-5-14(2)13-15(16)3/h5-6,13H,4,7-12H2,1-3H3. The van der Waals surface area contributed by atoms with Crippen LogP contribution in [0.4, 0.5) is 0 Å². The fourth-order valence-corrected chi connectivity index (χ4v) is 4.63. The molecule has 2 rings (SSSR count). The number of hydrogen-bond acceptors (Lipinski definition) is 5. The molecule has 1 fully saturated rings. The molecule has 0 bridgehead atoms. The Bertz CT molecular complexity index is 768. The molecule has 1 amide bonds. The summed E-state index contributed by atoms with van der Waals surface area (Å²) in [5.41, 5.74) is 1.73. The second-order valence-electron chi connectivity index (χ2n) is 6.36. The van der Waals surface area contributed by atoms with Crippen LogP contribution in [-0.4, -0.2) is 62.3 Å². The van der Waals surface area contributed by atoms with E-state index in [-0.39, 0.29) is 31.8 Å². The minimum Gasteiger partial charge on any atom is -0.466 e. The zero-order chi connectivity index (χ0) is 19.3. The first-order chi connectivity index (χ1) is 12.3. The highest BCUT2D eigenvalue weighted by Crippen LogP contribution is 2.22. The number of aryl methyl sites for hydroxylation is 2. The van der Waals surface area contributed by atoms with Crippen molar-refractivity contribution in [1.29, 1.82) is 0 Å². The highest BCUT2D eigenvalue weighted by Gasteiger charge is 2.31. The molecule has 7 nitrogen and oxygen atoms in total. The maximum Gasteiger partial charge on any atom is 0.306 e. The minimum absolute atomic E-state index is 0.0494. The Morgan fingerprint density at radius 2 is 1.73 bits per heavy atom. The van der Waals surface area contributed by atoms with E-state index in [0.29, 0.717) is 24.6 Å². The van der Waals surface area contributed by atoms with Gasteiger partial charge < -0.3 is 9.64 Å². The number of hydrogen-bond donors (Lipinski definition) is 0. The fraction of sp³-hybridized carbons (Fsp3) is 0.556. The van der Waals surface area contributed by atoms with Crippen LogP contribution in [0.1, 0.15) is 30.9 Å². The number of benzene rings is 1. The van der Waals surface area contributed by atoms with Crippen LogP contribution in [0.3, 0.4) is 0 Å².